The fourth-order valence-corrected chi connectivity index (χ4v) is 3.29. The largest absolute Gasteiger partial charge is 0.316 e. The van der Waals surface area contributed by atoms with Crippen LogP contribution in [0, 0.1) is 5.92 Å². The highest BCUT2D eigenvalue weighted by Gasteiger charge is 2.12. The maximum absolute atomic E-state index is 11.1. The minimum absolute atomic E-state index is 0.177. The van der Waals surface area contributed by atoms with Crippen LogP contribution in [0.3, 0.4) is 0 Å². The Morgan fingerprint density at radius 3 is 2.35 bits per heavy atom. The van der Waals surface area contributed by atoms with E-state index in [0.29, 0.717) is 0 Å². The van der Waals surface area contributed by atoms with E-state index in [9.17, 15) is 8.42 Å². The summed E-state index contributed by atoms with van der Waals surface area (Å²) in [5.41, 5.74) is 1.13. The molecular weight excluding hydrogens is 272 g/mol. The number of benzene rings is 1. The molecule has 0 spiro atoms. The molecule has 0 bridgehead atoms. The second-order valence-electron chi connectivity index (χ2n) is 5.65. The molecule has 112 valence electrons. The van der Waals surface area contributed by atoms with Gasteiger partial charge >= 0.3 is 0 Å². The Morgan fingerprint density at radius 2 is 1.75 bits per heavy atom. The lowest BCUT2D eigenvalue weighted by molar-refractivity contribution is 0.343. The summed E-state index contributed by atoms with van der Waals surface area (Å²) in [5.74, 6) is 0.841. The van der Waals surface area contributed by atoms with Gasteiger partial charge in [0.05, 0.1) is 4.90 Å². The minimum Gasteiger partial charge on any atom is -0.316 e. The third-order valence-corrected chi connectivity index (χ3v) is 4.93. The molecule has 0 saturated heterocycles. The molecule has 0 radical (unpaired) electrons. The summed E-state index contributed by atoms with van der Waals surface area (Å²) in [6, 6.07) is 6.82. The van der Waals surface area contributed by atoms with Gasteiger partial charge in [-0.1, -0.05) is 31.4 Å². The van der Waals surface area contributed by atoms with E-state index in [1.807, 2.05) is 12.1 Å². The SMILES string of the molecule is NS(=O)(=O)c1ccc(CCNCC2CCCCC2)cc1. The van der Waals surface area contributed by atoms with Gasteiger partial charge < -0.3 is 5.32 Å². The van der Waals surface area contributed by atoms with Crippen molar-refractivity contribution in [3.05, 3.63) is 29.8 Å². The number of sulfonamides is 1. The Balaban J connectivity index is 1.71. The van der Waals surface area contributed by atoms with Gasteiger partial charge in [0, 0.05) is 0 Å². The highest BCUT2D eigenvalue weighted by molar-refractivity contribution is 7.89. The van der Waals surface area contributed by atoms with E-state index in [2.05, 4.69) is 5.32 Å². The maximum Gasteiger partial charge on any atom is 0.238 e. The second kappa shape index (κ2) is 7.20. The first-order valence-electron chi connectivity index (χ1n) is 7.38. The van der Waals surface area contributed by atoms with Crippen LogP contribution in [0.5, 0.6) is 0 Å². The predicted octanol–water partition coefficient (Wildman–Crippen LogP) is 2.05. The first-order valence-corrected chi connectivity index (χ1v) is 8.93. The zero-order chi connectivity index (χ0) is 14.4. The van der Waals surface area contributed by atoms with E-state index in [0.717, 1.165) is 31.0 Å². The van der Waals surface area contributed by atoms with Crippen LogP contribution in [-0.2, 0) is 16.4 Å². The molecule has 20 heavy (non-hydrogen) atoms. The van der Waals surface area contributed by atoms with E-state index in [1.54, 1.807) is 12.1 Å². The van der Waals surface area contributed by atoms with Crippen molar-refractivity contribution in [3.8, 4) is 0 Å². The Morgan fingerprint density at radius 1 is 1.10 bits per heavy atom. The van der Waals surface area contributed by atoms with E-state index in [1.165, 1.54) is 32.1 Å². The van der Waals surface area contributed by atoms with E-state index < -0.39 is 10.0 Å². The highest BCUT2D eigenvalue weighted by atomic mass is 32.2. The fraction of sp³-hybridized carbons (Fsp3) is 0.600. The Kier molecular flexibility index (Phi) is 5.57. The van der Waals surface area contributed by atoms with Crippen molar-refractivity contribution in [1.82, 2.24) is 5.32 Å². The number of nitrogens with one attached hydrogen (secondary N) is 1. The molecule has 0 aromatic heterocycles. The molecule has 1 fully saturated rings. The zero-order valence-electron chi connectivity index (χ0n) is 11.8. The van der Waals surface area contributed by atoms with Crippen molar-refractivity contribution in [2.45, 2.75) is 43.4 Å². The molecular formula is C15H24N2O2S. The van der Waals surface area contributed by atoms with Crippen molar-refractivity contribution in [2.24, 2.45) is 11.1 Å². The molecule has 0 atom stereocenters. The zero-order valence-corrected chi connectivity index (χ0v) is 12.7. The van der Waals surface area contributed by atoms with Gasteiger partial charge in [0.25, 0.3) is 0 Å². The van der Waals surface area contributed by atoms with E-state index >= 15 is 0 Å². The molecule has 4 nitrogen and oxygen atoms in total. The van der Waals surface area contributed by atoms with Crippen molar-refractivity contribution in [3.63, 3.8) is 0 Å². The van der Waals surface area contributed by atoms with Gasteiger partial charge in [-0.2, -0.15) is 0 Å². The molecule has 1 saturated carbocycles. The van der Waals surface area contributed by atoms with Gasteiger partial charge in [-0.25, -0.2) is 13.6 Å². The molecule has 0 unspecified atom stereocenters. The van der Waals surface area contributed by atoms with Gasteiger partial charge in [0.15, 0.2) is 0 Å². The summed E-state index contributed by atoms with van der Waals surface area (Å²) in [4.78, 5) is 0.177. The quantitative estimate of drug-likeness (QED) is 0.789. The molecule has 0 heterocycles. The first kappa shape index (κ1) is 15.5. The summed E-state index contributed by atoms with van der Waals surface area (Å²) in [7, 11) is -3.57. The van der Waals surface area contributed by atoms with Crippen LogP contribution in [0.2, 0.25) is 0 Å². The monoisotopic (exact) mass is 296 g/mol. The number of hydrogen-bond acceptors (Lipinski definition) is 3. The van der Waals surface area contributed by atoms with Crippen molar-refractivity contribution in [1.29, 1.82) is 0 Å². The Hall–Kier alpha value is -0.910. The Labute approximate surface area is 121 Å². The lowest BCUT2D eigenvalue weighted by Gasteiger charge is -2.21. The molecule has 1 aliphatic carbocycles. The third-order valence-electron chi connectivity index (χ3n) is 4.00. The van der Waals surface area contributed by atoms with E-state index in [-0.39, 0.29) is 4.90 Å². The minimum atomic E-state index is -3.57. The Bertz CT molecular complexity index is 505. The topological polar surface area (TPSA) is 72.2 Å². The third kappa shape index (κ3) is 4.89. The van der Waals surface area contributed by atoms with E-state index in [4.69, 9.17) is 5.14 Å². The summed E-state index contributed by atoms with van der Waals surface area (Å²) >= 11 is 0. The van der Waals surface area contributed by atoms with Crippen LogP contribution in [0.1, 0.15) is 37.7 Å². The van der Waals surface area contributed by atoms with Crippen LogP contribution >= 0.6 is 0 Å². The second-order valence-corrected chi connectivity index (χ2v) is 7.21. The van der Waals surface area contributed by atoms with Gasteiger partial charge in [-0.3, -0.25) is 0 Å². The lowest BCUT2D eigenvalue weighted by atomic mass is 9.89. The van der Waals surface area contributed by atoms with Crippen LogP contribution < -0.4 is 10.5 Å². The highest BCUT2D eigenvalue weighted by Crippen LogP contribution is 2.22. The average Bonchev–Trinajstić information content (AvgIpc) is 2.44. The summed E-state index contributed by atoms with van der Waals surface area (Å²) < 4.78 is 22.3. The average molecular weight is 296 g/mol. The number of rotatable bonds is 6. The standard InChI is InChI=1S/C15H24N2O2S/c16-20(18,19)15-8-6-13(7-9-15)10-11-17-12-14-4-2-1-3-5-14/h6-9,14,17H,1-5,10-12H2,(H2,16,18,19). The smallest absolute Gasteiger partial charge is 0.238 e. The van der Waals surface area contributed by atoms with Crippen LogP contribution in [0.25, 0.3) is 0 Å². The summed E-state index contributed by atoms with van der Waals surface area (Å²) in [6.45, 7) is 2.04. The number of nitrogens with two attached hydrogens (primary N) is 1. The van der Waals surface area contributed by atoms with Crippen molar-refractivity contribution >= 4 is 10.0 Å². The van der Waals surface area contributed by atoms with Crippen LogP contribution in [0.4, 0.5) is 0 Å². The van der Waals surface area contributed by atoms with Gasteiger partial charge in [-0.15, -0.1) is 0 Å². The molecule has 2 rings (SSSR count). The van der Waals surface area contributed by atoms with Crippen LogP contribution in [0.15, 0.2) is 29.2 Å². The molecule has 0 amide bonds. The summed E-state index contributed by atoms with van der Waals surface area (Å²) in [5, 5.41) is 8.58. The van der Waals surface area contributed by atoms with Gasteiger partial charge in [-0.05, 0) is 56.0 Å². The van der Waals surface area contributed by atoms with Crippen molar-refractivity contribution in [2.75, 3.05) is 13.1 Å². The molecule has 1 aromatic rings. The lowest BCUT2D eigenvalue weighted by Crippen LogP contribution is -2.26. The molecule has 1 aromatic carbocycles. The normalized spacial score (nSPS) is 17.2. The van der Waals surface area contributed by atoms with Gasteiger partial charge in [0.1, 0.15) is 0 Å². The number of primary sulfonamides is 1. The molecule has 5 heteroatoms. The fourth-order valence-electron chi connectivity index (χ4n) is 2.78. The summed E-state index contributed by atoms with van der Waals surface area (Å²) in [6.07, 6.45) is 7.78. The van der Waals surface area contributed by atoms with Crippen LogP contribution in [-0.4, -0.2) is 21.5 Å². The molecule has 3 N–H and O–H groups in total. The van der Waals surface area contributed by atoms with Gasteiger partial charge in [0.2, 0.25) is 10.0 Å². The number of hydrogen-bond donors (Lipinski definition) is 2. The maximum atomic E-state index is 11.1. The van der Waals surface area contributed by atoms with Crippen molar-refractivity contribution < 1.29 is 8.42 Å². The first-order chi connectivity index (χ1) is 9.55. The molecule has 0 aliphatic heterocycles. The molecule has 1 aliphatic rings. The predicted molar refractivity (Wildman–Crippen MR) is 81.0 cm³/mol.